The van der Waals surface area contributed by atoms with E-state index in [-0.39, 0.29) is 30.9 Å². The van der Waals surface area contributed by atoms with Crippen molar-refractivity contribution < 1.29 is 24.4 Å². The van der Waals surface area contributed by atoms with E-state index in [0.29, 0.717) is 0 Å². The molecule has 1 fully saturated rings. The van der Waals surface area contributed by atoms with Crippen LogP contribution in [0.1, 0.15) is 5.56 Å². The summed E-state index contributed by atoms with van der Waals surface area (Å²) in [7, 11) is 0. The van der Waals surface area contributed by atoms with Gasteiger partial charge in [0.1, 0.15) is 5.92 Å². The van der Waals surface area contributed by atoms with Crippen LogP contribution in [0, 0.1) is 16.0 Å². The first-order valence-corrected chi connectivity index (χ1v) is 6.31. The second-order valence-electron chi connectivity index (χ2n) is 4.72. The average Bonchev–Trinajstić information content (AvgIpc) is 2.87. The Morgan fingerprint density at radius 2 is 2.10 bits per heavy atom. The highest BCUT2D eigenvalue weighted by Gasteiger charge is 2.35. The Balaban J connectivity index is 2.02. The molecule has 0 bridgehead atoms. The molecule has 0 radical (unpaired) electrons. The second kappa shape index (κ2) is 6.31. The molecule has 1 saturated heterocycles. The molecule has 1 aliphatic heterocycles. The van der Waals surface area contributed by atoms with Crippen molar-refractivity contribution in [2.45, 2.75) is 12.5 Å². The first kappa shape index (κ1) is 14.9. The number of carbonyl (C=O) groups excluding carboxylic acids is 1. The number of para-hydroxylation sites is 1. The highest BCUT2D eigenvalue weighted by Crippen LogP contribution is 2.19. The Kier molecular flexibility index (Phi) is 4.49. The number of nitrogens with one attached hydrogen (secondary N) is 1. The molecule has 0 spiro atoms. The predicted octanol–water partition coefficient (Wildman–Crippen LogP) is 0.353. The number of rotatable bonds is 5. The molecule has 1 heterocycles. The van der Waals surface area contributed by atoms with Gasteiger partial charge in [-0.15, -0.1) is 0 Å². The third-order valence-electron chi connectivity index (χ3n) is 3.28. The maximum absolute atomic E-state index is 11.9. The van der Waals surface area contributed by atoms with Crippen LogP contribution in [0.25, 0.3) is 0 Å². The van der Waals surface area contributed by atoms with Gasteiger partial charge in [0.25, 0.3) is 5.69 Å². The lowest BCUT2D eigenvalue weighted by Gasteiger charge is -2.15. The summed E-state index contributed by atoms with van der Waals surface area (Å²) in [5.41, 5.74) is 0.149. The van der Waals surface area contributed by atoms with Crippen molar-refractivity contribution in [2.75, 3.05) is 13.2 Å². The molecule has 0 saturated carbocycles. The first-order valence-electron chi connectivity index (χ1n) is 6.31. The van der Waals surface area contributed by atoms with Gasteiger partial charge in [0, 0.05) is 11.6 Å². The van der Waals surface area contributed by atoms with Gasteiger partial charge in [-0.1, -0.05) is 18.2 Å². The van der Waals surface area contributed by atoms with Crippen LogP contribution < -0.4 is 5.32 Å². The largest absolute Gasteiger partial charge is 0.481 e. The van der Waals surface area contributed by atoms with Crippen molar-refractivity contribution in [1.29, 1.82) is 0 Å². The van der Waals surface area contributed by atoms with E-state index >= 15 is 0 Å². The second-order valence-corrected chi connectivity index (χ2v) is 4.72. The van der Waals surface area contributed by atoms with E-state index < -0.39 is 28.8 Å². The molecule has 2 unspecified atom stereocenters. The number of ether oxygens (including phenoxy) is 1. The molecule has 0 aliphatic carbocycles. The third-order valence-corrected chi connectivity index (χ3v) is 3.28. The molecule has 0 aromatic heterocycles. The molecule has 1 aliphatic rings. The van der Waals surface area contributed by atoms with Gasteiger partial charge in [0.15, 0.2) is 0 Å². The minimum Gasteiger partial charge on any atom is -0.481 e. The summed E-state index contributed by atoms with van der Waals surface area (Å²) in [5.74, 6) is -2.30. The average molecular weight is 294 g/mol. The first-order chi connectivity index (χ1) is 9.99. The monoisotopic (exact) mass is 294 g/mol. The molecule has 2 N–H and O–H groups in total. The van der Waals surface area contributed by atoms with Gasteiger partial charge < -0.3 is 15.2 Å². The number of carboxylic acids is 1. The molecule has 1 aromatic carbocycles. The zero-order valence-electron chi connectivity index (χ0n) is 11.0. The summed E-state index contributed by atoms with van der Waals surface area (Å²) in [5, 5.41) is 22.4. The molecule has 1 amide bonds. The summed E-state index contributed by atoms with van der Waals surface area (Å²) in [6.45, 7) is 0.172. The summed E-state index contributed by atoms with van der Waals surface area (Å²) in [6.07, 6.45) is -0.181. The van der Waals surface area contributed by atoms with Crippen molar-refractivity contribution in [1.82, 2.24) is 5.32 Å². The van der Waals surface area contributed by atoms with Gasteiger partial charge in [0.05, 0.1) is 30.6 Å². The van der Waals surface area contributed by atoms with E-state index in [2.05, 4.69) is 5.32 Å². The molecule has 21 heavy (non-hydrogen) atoms. The van der Waals surface area contributed by atoms with Crippen LogP contribution in [0.5, 0.6) is 0 Å². The van der Waals surface area contributed by atoms with Crippen LogP contribution in [0.2, 0.25) is 0 Å². The van der Waals surface area contributed by atoms with Crippen LogP contribution in [0.15, 0.2) is 24.3 Å². The quantitative estimate of drug-likeness (QED) is 0.597. The van der Waals surface area contributed by atoms with Crippen molar-refractivity contribution in [3.63, 3.8) is 0 Å². The normalized spacial score (nSPS) is 21.0. The maximum Gasteiger partial charge on any atom is 0.311 e. The molecule has 2 rings (SSSR count). The molecule has 2 atom stereocenters. The lowest BCUT2D eigenvalue weighted by molar-refractivity contribution is -0.385. The zero-order chi connectivity index (χ0) is 15.4. The molecular weight excluding hydrogens is 280 g/mol. The highest BCUT2D eigenvalue weighted by atomic mass is 16.6. The number of amides is 1. The van der Waals surface area contributed by atoms with Crippen molar-refractivity contribution >= 4 is 17.6 Å². The number of aliphatic carboxylic acids is 1. The van der Waals surface area contributed by atoms with Crippen LogP contribution in [0.4, 0.5) is 5.69 Å². The number of benzene rings is 1. The number of nitro benzene ring substituents is 1. The fourth-order valence-electron chi connectivity index (χ4n) is 2.21. The lowest BCUT2D eigenvalue weighted by atomic mass is 10.0. The maximum atomic E-state index is 11.9. The number of carboxylic acid groups (broad SMARTS) is 1. The summed E-state index contributed by atoms with van der Waals surface area (Å²) in [4.78, 5) is 33.2. The van der Waals surface area contributed by atoms with E-state index in [0.717, 1.165) is 0 Å². The molecule has 112 valence electrons. The van der Waals surface area contributed by atoms with Crippen LogP contribution >= 0.6 is 0 Å². The summed E-state index contributed by atoms with van der Waals surface area (Å²) < 4.78 is 5.04. The Labute approximate surface area is 119 Å². The third kappa shape index (κ3) is 3.54. The van der Waals surface area contributed by atoms with Crippen molar-refractivity contribution in [2.24, 2.45) is 5.92 Å². The van der Waals surface area contributed by atoms with Crippen LogP contribution in [-0.2, 0) is 20.7 Å². The lowest BCUT2D eigenvalue weighted by Crippen LogP contribution is -2.43. The predicted molar refractivity (Wildman–Crippen MR) is 70.7 cm³/mol. The van der Waals surface area contributed by atoms with Gasteiger partial charge >= 0.3 is 5.97 Å². The van der Waals surface area contributed by atoms with Gasteiger partial charge in [-0.3, -0.25) is 19.7 Å². The van der Waals surface area contributed by atoms with E-state index in [1.54, 1.807) is 6.07 Å². The molecule has 1 aromatic rings. The number of nitrogens with zero attached hydrogens (tertiary/aromatic N) is 1. The van der Waals surface area contributed by atoms with Gasteiger partial charge in [-0.2, -0.15) is 0 Å². The number of hydrogen-bond donors (Lipinski definition) is 2. The van der Waals surface area contributed by atoms with E-state index in [1.165, 1.54) is 18.2 Å². The summed E-state index contributed by atoms with van der Waals surface area (Å²) in [6, 6.07) is 5.33. The van der Waals surface area contributed by atoms with Crippen molar-refractivity contribution in [3.05, 3.63) is 39.9 Å². The Bertz CT molecular complexity index is 574. The molecular formula is C13H14N2O6. The zero-order valence-corrected chi connectivity index (χ0v) is 11.0. The van der Waals surface area contributed by atoms with Crippen LogP contribution in [0.3, 0.4) is 0 Å². The summed E-state index contributed by atoms with van der Waals surface area (Å²) >= 11 is 0. The van der Waals surface area contributed by atoms with Crippen molar-refractivity contribution in [3.8, 4) is 0 Å². The number of carbonyl (C=O) groups is 2. The van der Waals surface area contributed by atoms with Gasteiger partial charge in [-0.05, 0) is 0 Å². The Morgan fingerprint density at radius 1 is 1.38 bits per heavy atom. The molecule has 8 nitrogen and oxygen atoms in total. The standard InChI is InChI=1S/C13H14N2O6/c16-12(14-10-7-21-6-9(10)13(17)18)5-8-3-1-2-4-11(8)15(19)20/h1-4,9-10H,5-7H2,(H,14,16)(H,17,18). The smallest absolute Gasteiger partial charge is 0.311 e. The number of hydrogen-bond acceptors (Lipinski definition) is 5. The van der Waals surface area contributed by atoms with Gasteiger partial charge in [-0.25, -0.2) is 0 Å². The number of nitro groups is 1. The van der Waals surface area contributed by atoms with E-state index in [9.17, 15) is 19.7 Å². The minimum absolute atomic E-state index is 0.0474. The fourth-order valence-corrected chi connectivity index (χ4v) is 2.21. The fraction of sp³-hybridized carbons (Fsp3) is 0.385. The minimum atomic E-state index is -1.04. The Morgan fingerprint density at radius 3 is 2.76 bits per heavy atom. The van der Waals surface area contributed by atoms with Gasteiger partial charge in [0.2, 0.25) is 5.91 Å². The van der Waals surface area contributed by atoms with E-state index in [4.69, 9.17) is 9.84 Å². The topological polar surface area (TPSA) is 119 Å². The van der Waals surface area contributed by atoms with Crippen LogP contribution in [-0.4, -0.2) is 41.2 Å². The SMILES string of the molecule is O=C(Cc1ccccc1[N+](=O)[O-])NC1COCC1C(=O)O. The highest BCUT2D eigenvalue weighted by molar-refractivity contribution is 5.81. The molecule has 8 heteroatoms. The van der Waals surface area contributed by atoms with E-state index in [1.807, 2.05) is 0 Å². The Hall–Kier alpha value is -2.48.